The number of carbonyl (C=O) groups is 1. The Balaban J connectivity index is 0.00000240. The summed E-state index contributed by atoms with van der Waals surface area (Å²) in [4.78, 5) is 17.0. The van der Waals surface area contributed by atoms with Crippen LogP contribution in [0.15, 0.2) is 78.9 Å². The van der Waals surface area contributed by atoms with E-state index in [-0.39, 0.29) is 60.5 Å². The number of methoxy groups -OCH3 is 1. The van der Waals surface area contributed by atoms with E-state index in [1.807, 2.05) is 12.1 Å². The summed E-state index contributed by atoms with van der Waals surface area (Å²) in [5, 5.41) is 13.3. The molecule has 2 aliphatic rings. The number of carbonyl (C=O) groups excluding carboxylic acids is 1. The maximum Gasteiger partial charge on any atom is 0.453 e. The Kier molecular flexibility index (Phi) is 11.3. The third kappa shape index (κ3) is 7.30. The fraction of sp³-hybridized carbons (Fsp3) is 0.375. The highest BCUT2D eigenvalue weighted by Crippen LogP contribution is 2.39. The molecule has 0 saturated carbocycles. The lowest BCUT2D eigenvalue weighted by Crippen LogP contribution is -2.61. The van der Waals surface area contributed by atoms with Crippen molar-refractivity contribution in [2.75, 3.05) is 26.7 Å². The van der Waals surface area contributed by atoms with Crippen LogP contribution in [-0.2, 0) is 17.5 Å². The van der Waals surface area contributed by atoms with E-state index in [9.17, 15) is 18.0 Å². The SMILES string of the molecule is COc1ccc(-n2nnnc2C(F)(F)F)cc1CN1C[C@@H]2[C@@H](NC(C)=O)CCN2[C@H](C(c2ccccc2)c2ccccc2)C1.Cl.Cl. The highest BCUT2D eigenvalue weighted by atomic mass is 35.5. The van der Waals surface area contributed by atoms with Gasteiger partial charge in [0.15, 0.2) is 0 Å². The number of rotatable bonds is 8. The molecular weight excluding hydrogens is 642 g/mol. The van der Waals surface area contributed by atoms with Crippen molar-refractivity contribution in [3.63, 3.8) is 0 Å². The summed E-state index contributed by atoms with van der Waals surface area (Å²) in [5.41, 5.74) is 3.30. The summed E-state index contributed by atoms with van der Waals surface area (Å²) in [6.45, 7) is 4.18. The van der Waals surface area contributed by atoms with Crippen molar-refractivity contribution in [3.05, 3.63) is 101 Å². The minimum absolute atomic E-state index is 0. The number of hydrogen-bond donors (Lipinski definition) is 1. The van der Waals surface area contributed by atoms with Crippen molar-refractivity contribution < 1.29 is 22.7 Å². The second kappa shape index (κ2) is 14.8. The summed E-state index contributed by atoms with van der Waals surface area (Å²) in [6.07, 6.45) is -3.87. The van der Waals surface area contributed by atoms with E-state index < -0.39 is 12.0 Å². The molecule has 3 atom stereocenters. The Morgan fingerprint density at radius 3 is 2.24 bits per heavy atom. The van der Waals surface area contributed by atoms with Gasteiger partial charge >= 0.3 is 6.18 Å². The number of alkyl halides is 3. The van der Waals surface area contributed by atoms with Gasteiger partial charge in [-0.05, 0) is 46.2 Å². The minimum atomic E-state index is -4.71. The molecule has 3 heterocycles. The minimum Gasteiger partial charge on any atom is -0.496 e. The van der Waals surface area contributed by atoms with Gasteiger partial charge in [0, 0.05) is 62.7 Å². The zero-order valence-electron chi connectivity index (χ0n) is 25.3. The summed E-state index contributed by atoms with van der Waals surface area (Å²) in [7, 11) is 1.54. The highest BCUT2D eigenvalue weighted by molar-refractivity contribution is 5.85. The number of piperazine rings is 1. The smallest absolute Gasteiger partial charge is 0.453 e. The number of benzene rings is 3. The van der Waals surface area contributed by atoms with Crippen LogP contribution in [0.25, 0.3) is 5.69 Å². The zero-order valence-corrected chi connectivity index (χ0v) is 26.9. The Labute approximate surface area is 277 Å². The molecule has 2 saturated heterocycles. The average Bonchev–Trinajstić information content (AvgIpc) is 3.67. The van der Waals surface area contributed by atoms with E-state index >= 15 is 0 Å². The van der Waals surface area contributed by atoms with E-state index in [2.05, 4.69) is 79.2 Å². The van der Waals surface area contributed by atoms with Crippen molar-refractivity contribution >= 4 is 30.7 Å². The van der Waals surface area contributed by atoms with Gasteiger partial charge in [0.2, 0.25) is 5.91 Å². The Morgan fingerprint density at radius 2 is 1.65 bits per heavy atom. The van der Waals surface area contributed by atoms with Crippen LogP contribution in [0.4, 0.5) is 13.2 Å². The van der Waals surface area contributed by atoms with E-state index in [4.69, 9.17) is 4.74 Å². The van der Waals surface area contributed by atoms with Gasteiger partial charge in [-0.1, -0.05) is 60.7 Å². The predicted octanol–water partition coefficient (Wildman–Crippen LogP) is 5.13. The maximum absolute atomic E-state index is 13.6. The molecule has 1 amide bonds. The zero-order chi connectivity index (χ0) is 30.8. The normalized spacial score (nSPS) is 20.0. The van der Waals surface area contributed by atoms with Gasteiger partial charge in [0.05, 0.1) is 12.8 Å². The molecule has 0 spiro atoms. The van der Waals surface area contributed by atoms with Crippen LogP contribution in [0.1, 0.15) is 41.8 Å². The van der Waals surface area contributed by atoms with E-state index in [1.54, 1.807) is 26.2 Å². The monoisotopic (exact) mass is 677 g/mol. The summed E-state index contributed by atoms with van der Waals surface area (Å²) >= 11 is 0. The number of hydrogen-bond acceptors (Lipinski definition) is 7. The molecule has 3 aromatic carbocycles. The first-order valence-electron chi connectivity index (χ1n) is 14.6. The Bertz CT molecular complexity index is 1550. The fourth-order valence-corrected chi connectivity index (χ4v) is 6.84. The lowest BCUT2D eigenvalue weighted by atomic mass is 9.82. The summed E-state index contributed by atoms with van der Waals surface area (Å²) in [6, 6.07) is 25.8. The molecule has 46 heavy (non-hydrogen) atoms. The van der Waals surface area contributed by atoms with Gasteiger partial charge in [-0.2, -0.15) is 17.9 Å². The average molecular weight is 679 g/mol. The number of halogens is 5. The molecule has 0 bridgehead atoms. The van der Waals surface area contributed by atoms with Crippen molar-refractivity contribution in [2.45, 2.75) is 50.1 Å². The Morgan fingerprint density at radius 1 is 1.00 bits per heavy atom. The number of nitrogens with one attached hydrogen (secondary N) is 1. The van der Waals surface area contributed by atoms with Gasteiger partial charge in [-0.25, -0.2) is 0 Å². The predicted molar refractivity (Wildman–Crippen MR) is 172 cm³/mol. The molecular formula is C32H36Cl2F3N7O2. The molecule has 1 N–H and O–H groups in total. The molecule has 4 aromatic rings. The van der Waals surface area contributed by atoms with Gasteiger partial charge < -0.3 is 10.1 Å². The maximum atomic E-state index is 13.6. The first-order valence-corrected chi connectivity index (χ1v) is 14.6. The lowest BCUT2D eigenvalue weighted by Gasteiger charge is -2.48. The number of tetrazole rings is 1. The topological polar surface area (TPSA) is 88.4 Å². The standard InChI is InChI=1S/C32H34F3N7O2.2ClH/c1-21(43)36-26-15-16-41-27(26)19-40(20-28(41)30(22-9-5-3-6-10-22)23-11-7-4-8-12-23)18-24-17-25(13-14-29(24)44-2)42-31(32(33,34)35)37-38-39-42;;/h3-14,17,26-28,30H,15-16,18-20H2,1-2H3,(H,36,43);2*1H/t26-,27+,28-;;/m0../s1. The van der Waals surface area contributed by atoms with Crippen LogP contribution < -0.4 is 10.1 Å². The van der Waals surface area contributed by atoms with E-state index in [0.717, 1.165) is 13.0 Å². The molecule has 6 rings (SSSR count). The molecule has 9 nitrogen and oxygen atoms in total. The third-order valence-corrected chi connectivity index (χ3v) is 8.62. The molecule has 0 unspecified atom stereocenters. The largest absolute Gasteiger partial charge is 0.496 e. The van der Waals surface area contributed by atoms with Crippen LogP contribution in [0.2, 0.25) is 0 Å². The van der Waals surface area contributed by atoms with Gasteiger partial charge in [-0.15, -0.1) is 29.9 Å². The highest BCUT2D eigenvalue weighted by Gasteiger charge is 2.46. The van der Waals surface area contributed by atoms with E-state index in [0.29, 0.717) is 35.6 Å². The number of fused-ring (bicyclic) bond motifs is 1. The van der Waals surface area contributed by atoms with Gasteiger partial charge in [0.1, 0.15) is 5.75 Å². The number of ether oxygens (including phenoxy) is 1. The van der Waals surface area contributed by atoms with Crippen LogP contribution >= 0.6 is 24.8 Å². The van der Waals surface area contributed by atoms with Crippen LogP contribution in [0, 0.1) is 0 Å². The molecule has 0 radical (unpaired) electrons. The summed E-state index contributed by atoms with van der Waals surface area (Å²) < 4.78 is 47.2. The van der Waals surface area contributed by atoms with Gasteiger partial charge in [0.25, 0.3) is 5.82 Å². The van der Waals surface area contributed by atoms with E-state index in [1.165, 1.54) is 17.2 Å². The third-order valence-electron chi connectivity index (χ3n) is 8.62. The first kappa shape index (κ1) is 35.1. The molecule has 2 fully saturated rings. The van der Waals surface area contributed by atoms with Crippen molar-refractivity contribution in [2.24, 2.45) is 0 Å². The summed E-state index contributed by atoms with van der Waals surface area (Å²) in [5.74, 6) is -0.645. The molecule has 246 valence electrons. The Hall–Kier alpha value is -3.71. The van der Waals surface area contributed by atoms with Crippen LogP contribution in [-0.4, -0.2) is 80.8 Å². The van der Waals surface area contributed by atoms with Crippen molar-refractivity contribution in [1.82, 2.24) is 35.3 Å². The number of aromatic nitrogens is 4. The van der Waals surface area contributed by atoms with Crippen LogP contribution in [0.5, 0.6) is 5.75 Å². The molecule has 1 aromatic heterocycles. The lowest BCUT2D eigenvalue weighted by molar-refractivity contribution is -0.146. The molecule has 14 heteroatoms. The number of amides is 1. The quantitative estimate of drug-likeness (QED) is 0.277. The second-order valence-electron chi connectivity index (χ2n) is 11.4. The number of nitrogens with zero attached hydrogens (tertiary/aromatic N) is 6. The first-order chi connectivity index (χ1) is 21.2. The molecule has 0 aliphatic carbocycles. The molecule has 2 aliphatic heterocycles. The van der Waals surface area contributed by atoms with Gasteiger partial charge in [-0.3, -0.25) is 14.6 Å². The fourth-order valence-electron chi connectivity index (χ4n) is 6.84. The van der Waals surface area contributed by atoms with Crippen LogP contribution in [0.3, 0.4) is 0 Å². The second-order valence-corrected chi connectivity index (χ2v) is 11.4. The van der Waals surface area contributed by atoms with Crippen molar-refractivity contribution in [3.8, 4) is 11.4 Å². The van der Waals surface area contributed by atoms with Crippen molar-refractivity contribution in [1.29, 1.82) is 0 Å².